The number of nitrogens with one attached hydrogen (secondary N) is 2. The zero-order valence-electron chi connectivity index (χ0n) is 14.5. The lowest BCUT2D eigenvalue weighted by Crippen LogP contribution is -2.34. The van der Waals surface area contributed by atoms with E-state index >= 15 is 0 Å². The minimum atomic E-state index is -0.134. The quantitative estimate of drug-likeness (QED) is 0.845. The number of rotatable bonds is 6. The summed E-state index contributed by atoms with van der Waals surface area (Å²) >= 11 is 0. The van der Waals surface area contributed by atoms with E-state index in [0.717, 1.165) is 43.1 Å². The van der Waals surface area contributed by atoms with Gasteiger partial charge in [-0.1, -0.05) is 17.7 Å². The molecule has 1 aliphatic rings. The fraction of sp³-hybridized carbons (Fsp3) is 0.350. The number of hydrogen-bond acceptors (Lipinski definition) is 4. The standard InChI is InChI=1S/C20H24N2O3/c1-15-2-6-18(7-3-15)25-19-8-4-16(5-9-19)22-20(23)14-24-17-10-12-21-13-11-17/h2-9,17,21H,10-14H2,1H3,(H,22,23). The first kappa shape index (κ1) is 17.5. The fourth-order valence-corrected chi connectivity index (χ4v) is 2.70. The average molecular weight is 340 g/mol. The van der Waals surface area contributed by atoms with Crippen LogP contribution in [0.5, 0.6) is 11.5 Å². The number of amides is 1. The largest absolute Gasteiger partial charge is 0.457 e. The molecule has 0 spiro atoms. The van der Waals surface area contributed by atoms with Crippen molar-refractivity contribution in [1.82, 2.24) is 5.32 Å². The first-order chi connectivity index (χ1) is 12.2. The van der Waals surface area contributed by atoms with Crippen molar-refractivity contribution in [2.45, 2.75) is 25.9 Å². The van der Waals surface area contributed by atoms with Gasteiger partial charge < -0.3 is 20.1 Å². The smallest absolute Gasteiger partial charge is 0.250 e. The van der Waals surface area contributed by atoms with Crippen molar-refractivity contribution in [3.05, 3.63) is 54.1 Å². The van der Waals surface area contributed by atoms with Crippen LogP contribution in [-0.4, -0.2) is 31.7 Å². The molecule has 1 heterocycles. The first-order valence-corrected chi connectivity index (χ1v) is 8.66. The van der Waals surface area contributed by atoms with Crippen molar-refractivity contribution in [3.63, 3.8) is 0 Å². The third kappa shape index (κ3) is 5.59. The van der Waals surface area contributed by atoms with E-state index in [1.165, 1.54) is 5.56 Å². The number of carbonyl (C=O) groups excluding carboxylic acids is 1. The number of piperidine rings is 1. The maximum Gasteiger partial charge on any atom is 0.250 e. The third-order valence-corrected chi connectivity index (χ3v) is 4.13. The molecule has 0 radical (unpaired) electrons. The number of benzene rings is 2. The molecule has 1 aliphatic heterocycles. The van der Waals surface area contributed by atoms with Gasteiger partial charge in [0.2, 0.25) is 5.91 Å². The Morgan fingerprint density at radius 1 is 1.04 bits per heavy atom. The van der Waals surface area contributed by atoms with Crippen LogP contribution in [0.25, 0.3) is 0 Å². The SMILES string of the molecule is Cc1ccc(Oc2ccc(NC(=O)COC3CCNCC3)cc2)cc1. The second-order valence-electron chi connectivity index (χ2n) is 6.25. The van der Waals surface area contributed by atoms with E-state index in [1.807, 2.05) is 55.5 Å². The van der Waals surface area contributed by atoms with Gasteiger partial charge in [0.1, 0.15) is 18.1 Å². The highest BCUT2D eigenvalue weighted by Crippen LogP contribution is 2.23. The van der Waals surface area contributed by atoms with Crippen LogP contribution in [0.15, 0.2) is 48.5 Å². The molecule has 25 heavy (non-hydrogen) atoms. The summed E-state index contributed by atoms with van der Waals surface area (Å²) in [4.78, 5) is 12.0. The molecular weight excluding hydrogens is 316 g/mol. The van der Waals surface area contributed by atoms with E-state index in [0.29, 0.717) is 0 Å². The summed E-state index contributed by atoms with van der Waals surface area (Å²) in [6.45, 7) is 4.03. The molecule has 2 aromatic carbocycles. The number of ether oxygens (including phenoxy) is 2. The minimum Gasteiger partial charge on any atom is -0.457 e. The van der Waals surface area contributed by atoms with Crippen molar-refractivity contribution in [1.29, 1.82) is 0 Å². The fourth-order valence-electron chi connectivity index (χ4n) is 2.70. The minimum absolute atomic E-state index is 0.0896. The molecule has 0 aromatic heterocycles. The van der Waals surface area contributed by atoms with Crippen LogP contribution in [-0.2, 0) is 9.53 Å². The van der Waals surface area contributed by atoms with Gasteiger partial charge in [0.25, 0.3) is 0 Å². The molecule has 132 valence electrons. The summed E-state index contributed by atoms with van der Waals surface area (Å²) in [5.41, 5.74) is 1.92. The van der Waals surface area contributed by atoms with E-state index in [1.54, 1.807) is 0 Å². The maximum atomic E-state index is 12.0. The molecule has 1 amide bonds. The molecule has 2 aromatic rings. The average Bonchev–Trinajstić information content (AvgIpc) is 2.64. The van der Waals surface area contributed by atoms with Gasteiger partial charge in [-0.2, -0.15) is 0 Å². The van der Waals surface area contributed by atoms with Crippen molar-refractivity contribution in [2.24, 2.45) is 0 Å². The molecule has 2 N–H and O–H groups in total. The molecule has 0 atom stereocenters. The summed E-state index contributed by atoms with van der Waals surface area (Å²) in [6, 6.07) is 15.2. The van der Waals surface area contributed by atoms with Crippen LogP contribution >= 0.6 is 0 Å². The zero-order chi connectivity index (χ0) is 17.5. The zero-order valence-corrected chi connectivity index (χ0v) is 14.5. The lowest BCUT2D eigenvalue weighted by molar-refractivity contribution is -0.123. The highest BCUT2D eigenvalue weighted by atomic mass is 16.5. The molecule has 0 aliphatic carbocycles. The van der Waals surface area contributed by atoms with Crippen molar-refractivity contribution in [3.8, 4) is 11.5 Å². The lowest BCUT2D eigenvalue weighted by atomic mass is 10.1. The molecule has 0 saturated carbocycles. The molecule has 0 unspecified atom stereocenters. The summed E-state index contributed by atoms with van der Waals surface area (Å²) in [5, 5.41) is 6.12. The Kier molecular flexibility index (Phi) is 6.04. The first-order valence-electron chi connectivity index (χ1n) is 8.66. The van der Waals surface area contributed by atoms with E-state index in [9.17, 15) is 4.79 Å². The van der Waals surface area contributed by atoms with Gasteiger partial charge >= 0.3 is 0 Å². The number of hydrogen-bond donors (Lipinski definition) is 2. The monoisotopic (exact) mass is 340 g/mol. The second-order valence-corrected chi connectivity index (χ2v) is 6.25. The van der Waals surface area contributed by atoms with E-state index in [-0.39, 0.29) is 18.6 Å². The molecule has 1 fully saturated rings. The summed E-state index contributed by atoms with van der Waals surface area (Å²) < 4.78 is 11.4. The van der Waals surface area contributed by atoms with Crippen molar-refractivity contribution in [2.75, 3.05) is 25.0 Å². The topological polar surface area (TPSA) is 59.6 Å². The van der Waals surface area contributed by atoms with Gasteiger partial charge in [-0.05, 0) is 69.3 Å². The van der Waals surface area contributed by atoms with Crippen LogP contribution in [0.4, 0.5) is 5.69 Å². The van der Waals surface area contributed by atoms with Gasteiger partial charge in [0, 0.05) is 5.69 Å². The Balaban J connectivity index is 1.46. The Morgan fingerprint density at radius 3 is 2.28 bits per heavy atom. The highest BCUT2D eigenvalue weighted by molar-refractivity contribution is 5.91. The van der Waals surface area contributed by atoms with Gasteiger partial charge in [-0.25, -0.2) is 0 Å². The van der Waals surface area contributed by atoms with Gasteiger partial charge in [0.05, 0.1) is 6.10 Å². The predicted octanol–water partition coefficient (Wildman–Crippen LogP) is 3.49. The molecular formula is C20H24N2O3. The molecule has 0 bridgehead atoms. The maximum absolute atomic E-state index is 12.0. The molecule has 1 saturated heterocycles. The Bertz CT molecular complexity index is 677. The Hall–Kier alpha value is -2.37. The van der Waals surface area contributed by atoms with Crippen molar-refractivity contribution < 1.29 is 14.3 Å². The lowest BCUT2D eigenvalue weighted by Gasteiger charge is -2.22. The summed E-state index contributed by atoms with van der Waals surface area (Å²) in [6.07, 6.45) is 2.09. The van der Waals surface area contributed by atoms with Gasteiger partial charge in [0.15, 0.2) is 0 Å². The van der Waals surface area contributed by atoms with Crippen LogP contribution in [0.3, 0.4) is 0 Å². The number of aryl methyl sites for hydroxylation is 1. The number of anilines is 1. The number of carbonyl (C=O) groups is 1. The van der Waals surface area contributed by atoms with E-state index < -0.39 is 0 Å². The second kappa shape index (κ2) is 8.65. The van der Waals surface area contributed by atoms with Crippen LogP contribution < -0.4 is 15.4 Å². The van der Waals surface area contributed by atoms with Gasteiger partial charge in [-0.15, -0.1) is 0 Å². The molecule has 3 rings (SSSR count). The third-order valence-electron chi connectivity index (χ3n) is 4.13. The van der Waals surface area contributed by atoms with Crippen LogP contribution in [0.1, 0.15) is 18.4 Å². The molecule has 5 heteroatoms. The molecule has 5 nitrogen and oxygen atoms in total. The normalized spacial score (nSPS) is 14.9. The highest BCUT2D eigenvalue weighted by Gasteiger charge is 2.14. The Labute approximate surface area is 148 Å². The van der Waals surface area contributed by atoms with Gasteiger partial charge in [-0.3, -0.25) is 4.79 Å². The van der Waals surface area contributed by atoms with Crippen LogP contribution in [0.2, 0.25) is 0 Å². The summed E-state index contributed by atoms with van der Waals surface area (Å²) in [7, 11) is 0. The predicted molar refractivity (Wildman–Crippen MR) is 98.2 cm³/mol. The van der Waals surface area contributed by atoms with Crippen LogP contribution in [0, 0.1) is 6.92 Å². The summed E-state index contributed by atoms with van der Waals surface area (Å²) in [5.74, 6) is 1.39. The Morgan fingerprint density at radius 2 is 1.64 bits per heavy atom. The van der Waals surface area contributed by atoms with E-state index in [4.69, 9.17) is 9.47 Å². The van der Waals surface area contributed by atoms with E-state index in [2.05, 4.69) is 10.6 Å². The van der Waals surface area contributed by atoms with Crippen molar-refractivity contribution >= 4 is 11.6 Å².